The number of amides is 2. The first-order valence-corrected chi connectivity index (χ1v) is 5.92. The van der Waals surface area contributed by atoms with Crippen LogP contribution in [0, 0.1) is 11.3 Å². The van der Waals surface area contributed by atoms with Gasteiger partial charge >= 0.3 is 5.97 Å². The van der Waals surface area contributed by atoms with Crippen molar-refractivity contribution in [3.05, 3.63) is 41.5 Å². The molecule has 0 aliphatic heterocycles. The molecule has 0 saturated heterocycles. The number of benzene rings is 1. The van der Waals surface area contributed by atoms with Crippen LogP contribution in [0.15, 0.2) is 30.3 Å². The summed E-state index contributed by atoms with van der Waals surface area (Å²) in [5.41, 5.74) is 6.06. The minimum atomic E-state index is -1.36. The van der Waals surface area contributed by atoms with Crippen molar-refractivity contribution in [2.45, 2.75) is 12.5 Å². The number of primary amides is 1. The van der Waals surface area contributed by atoms with Gasteiger partial charge in [-0.2, -0.15) is 5.26 Å². The van der Waals surface area contributed by atoms with Gasteiger partial charge in [0, 0.05) is 6.08 Å². The maximum Gasteiger partial charge on any atom is 0.326 e. The van der Waals surface area contributed by atoms with Crippen molar-refractivity contribution in [3.63, 3.8) is 0 Å². The van der Waals surface area contributed by atoms with Crippen molar-refractivity contribution < 1.29 is 19.5 Å². The highest BCUT2D eigenvalue weighted by atomic mass is 16.4. The molecule has 0 radical (unpaired) electrons. The average Bonchev–Trinajstić information content (AvgIpc) is 2.44. The average molecular weight is 287 g/mol. The zero-order chi connectivity index (χ0) is 15.8. The zero-order valence-corrected chi connectivity index (χ0v) is 10.9. The molecule has 1 unspecified atom stereocenters. The number of carbonyl (C=O) groups is 3. The van der Waals surface area contributed by atoms with Gasteiger partial charge in [0.05, 0.1) is 18.1 Å². The molecule has 1 atom stereocenters. The van der Waals surface area contributed by atoms with Crippen LogP contribution in [-0.4, -0.2) is 28.9 Å². The van der Waals surface area contributed by atoms with Crippen LogP contribution < -0.4 is 11.1 Å². The number of nitrogens with two attached hydrogens (primary N) is 1. The molecule has 0 saturated carbocycles. The fraction of sp³-hybridized carbons (Fsp3) is 0.143. The molecule has 1 rings (SSSR count). The smallest absolute Gasteiger partial charge is 0.326 e. The summed E-state index contributed by atoms with van der Waals surface area (Å²) >= 11 is 0. The summed E-state index contributed by atoms with van der Waals surface area (Å²) in [5.74, 6) is -2.82. The molecule has 0 bridgehead atoms. The van der Waals surface area contributed by atoms with Gasteiger partial charge in [0.15, 0.2) is 0 Å². The van der Waals surface area contributed by atoms with Crippen LogP contribution in [-0.2, 0) is 14.4 Å². The number of hydrogen-bond donors (Lipinski definition) is 3. The van der Waals surface area contributed by atoms with E-state index in [-0.39, 0.29) is 0 Å². The van der Waals surface area contributed by atoms with E-state index in [0.717, 1.165) is 6.08 Å². The van der Waals surface area contributed by atoms with Crippen LogP contribution in [0.4, 0.5) is 0 Å². The lowest BCUT2D eigenvalue weighted by Crippen LogP contribution is -2.42. The van der Waals surface area contributed by atoms with E-state index in [2.05, 4.69) is 5.32 Å². The third-order valence-electron chi connectivity index (χ3n) is 2.49. The minimum absolute atomic E-state index is 0.480. The maximum atomic E-state index is 11.6. The van der Waals surface area contributed by atoms with Gasteiger partial charge in [0.2, 0.25) is 11.8 Å². The fourth-order valence-electron chi connectivity index (χ4n) is 1.46. The SMILES string of the molecule is N#Cc1ccc(/C=C/C(=O)NC(CC(N)=O)C(=O)O)cc1. The number of nitrogens with one attached hydrogen (secondary N) is 1. The van der Waals surface area contributed by atoms with Gasteiger partial charge in [0.1, 0.15) is 6.04 Å². The van der Waals surface area contributed by atoms with Crippen LogP contribution in [0.5, 0.6) is 0 Å². The van der Waals surface area contributed by atoms with Crippen molar-refractivity contribution in [2.75, 3.05) is 0 Å². The molecule has 21 heavy (non-hydrogen) atoms. The molecule has 7 heteroatoms. The Labute approximate surface area is 120 Å². The van der Waals surface area contributed by atoms with Crippen molar-refractivity contribution in [1.29, 1.82) is 5.26 Å². The molecule has 4 N–H and O–H groups in total. The van der Waals surface area contributed by atoms with E-state index in [0.29, 0.717) is 11.1 Å². The van der Waals surface area contributed by atoms with Crippen LogP contribution in [0.3, 0.4) is 0 Å². The number of aliphatic carboxylic acids is 1. The van der Waals surface area contributed by atoms with Crippen molar-refractivity contribution in [2.24, 2.45) is 5.73 Å². The molecule has 0 fully saturated rings. The lowest BCUT2D eigenvalue weighted by molar-refractivity contribution is -0.142. The Bertz CT molecular complexity index is 614. The highest BCUT2D eigenvalue weighted by Gasteiger charge is 2.20. The normalized spacial score (nSPS) is 11.6. The monoisotopic (exact) mass is 287 g/mol. The predicted molar refractivity (Wildman–Crippen MR) is 73.6 cm³/mol. The first-order valence-electron chi connectivity index (χ1n) is 5.92. The van der Waals surface area contributed by atoms with Gasteiger partial charge in [-0.25, -0.2) is 4.79 Å². The minimum Gasteiger partial charge on any atom is -0.480 e. The van der Waals surface area contributed by atoms with Gasteiger partial charge in [-0.15, -0.1) is 0 Å². The summed E-state index contributed by atoms with van der Waals surface area (Å²) in [5, 5.41) is 19.6. The van der Waals surface area contributed by atoms with E-state index in [1.165, 1.54) is 6.08 Å². The predicted octanol–water partition coefficient (Wildman–Crippen LogP) is 0.0163. The molecule has 0 heterocycles. The van der Waals surface area contributed by atoms with E-state index >= 15 is 0 Å². The first kappa shape index (κ1) is 15.9. The molecule has 7 nitrogen and oxygen atoms in total. The number of carboxylic acid groups (broad SMARTS) is 1. The van der Waals surface area contributed by atoms with Crippen molar-refractivity contribution >= 4 is 23.9 Å². The number of rotatable bonds is 6. The summed E-state index contributed by atoms with van der Waals surface area (Å²) in [7, 11) is 0. The van der Waals surface area contributed by atoms with E-state index < -0.39 is 30.2 Å². The molecule has 0 spiro atoms. The number of nitrogens with zero attached hydrogens (tertiary/aromatic N) is 1. The topological polar surface area (TPSA) is 133 Å². The molecule has 1 aromatic carbocycles. The third kappa shape index (κ3) is 5.57. The molecule has 2 amide bonds. The van der Waals surface area contributed by atoms with E-state index in [4.69, 9.17) is 16.1 Å². The fourth-order valence-corrected chi connectivity index (χ4v) is 1.46. The lowest BCUT2D eigenvalue weighted by atomic mass is 10.1. The number of hydrogen-bond acceptors (Lipinski definition) is 4. The van der Waals surface area contributed by atoms with Crippen LogP contribution in [0.25, 0.3) is 6.08 Å². The summed E-state index contributed by atoms with van der Waals surface area (Å²) < 4.78 is 0. The summed E-state index contributed by atoms with van der Waals surface area (Å²) in [6.07, 6.45) is 2.11. The third-order valence-corrected chi connectivity index (χ3v) is 2.49. The van der Waals surface area contributed by atoms with E-state index in [1.807, 2.05) is 6.07 Å². The van der Waals surface area contributed by atoms with Gasteiger partial charge < -0.3 is 16.2 Å². The second-order valence-electron chi connectivity index (χ2n) is 4.14. The van der Waals surface area contributed by atoms with Gasteiger partial charge in [-0.1, -0.05) is 12.1 Å². The Morgan fingerprint density at radius 1 is 1.33 bits per heavy atom. The molecule has 0 aliphatic rings. The Hall–Kier alpha value is -3.14. The van der Waals surface area contributed by atoms with Gasteiger partial charge in [0.25, 0.3) is 0 Å². The zero-order valence-electron chi connectivity index (χ0n) is 10.9. The van der Waals surface area contributed by atoms with Crippen molar-refractivity contribution in [1.82, 2.24) is 5.32 Å². The largest absolute Gasteiger partial charge is 0.480 e. The molecule has 108 valence electrons. The van der Waals surface area contributed by atoms with Crippen molar-refractivity contribution in [3.8, 4) is 6.07 Å². The van der Waals surface area contributed by atoms with Crippen LogP contribution in [0.2, 0.25) is 0 Å². The van der Waals surface area contributed by atoms with E-state index in [1.54, 1.807) is 24.3 Å². The summed E-state index contributed by atoms with van der Waals surface area (Å²) in [6, 6.07) is 7.06. The Balaban J connectivity index is 2.66. The quantitative estimate of drug-likeness (QED) is 0.634. The van der Waals surface area contributed by atoms with Crippen LogP contribution >= 0.6 is 0 Å². The number of nitriles is 1. The first-order chi connectivity index (χ1) is 9.92. The Kier molecular flexibility index (Phi) is 5.65. The molecular formula is C14H13N3O4. The molecule has 1 aromatic rings. The standard InChI is InChI=1S/C14H13N3O4/c15-8-10-3-1-9(2-4-10)5-6-13(19)17-11(14(20)21)7-12(16)18/h1-6,11H,7H2,(H2,16,18)(H,17,19)(H,20,21)/b6-5+. The second-order valence-corrected chi connectivity index (χ2v) is 4.14. The number of carboxylic acids is 1. The maximum absolute atomic E-state index is 11.6. The van der Waals surface area contributed by atoms with Gasteiger partial charge in [-0.3, -0.25) is 9.59 Å². The molecular weight excluding hydrogens is 274 g/mol. The van der Waals surface area contributed by atoms with Crippen LogP contribution in [0.1, 0.15) is 17.5 Å². The Morgan fingerprint density at radius 3 is 2.43 bits per heavy atom. The summed E-state index contributed by atoms with van der Waals surface area (Å²) in [4.78, 5) is 33.1. The molecule has 0 aromatic heterocycles. The molecule has 0 aliphatic carbocycles. The van der Waals surface area contributed by atoms with Gasteiger partial charge in [-0.05, 0) is 23.8 Å². The highest BCUT2D eigenvalue weighted by molar-refractivity contribution is 5.95. The Morgan fingerprint density at radius 2 is 1.95 bits per heavy atom. The highest BCUT2D eigenvalue weighted by Crippen LogP contribution is 2.05. The van der Waals surface area contributed by atoms with E-state index in [9.17, 15) is 14.4 Å². The summed E-state index contributed by atoms with van der Waals surface area (Å²) in [6.45, 7) is 0. The second kappa shape index (κ2) is 7.45. The number of carbonyl (C=O) groups excluding carboxylic acids is 2. The lowest BCUT2D eigenvalue weighted by Gasteiger charge is -2.10.